The maximum Gasteiger partial charge on any atom is 0.336 e. The monoisotopic (exact) mass is 413 g/mol. The number of nitrogens with two attached hydrogens (primary N) is 1. The van der Waals surface area contributed by atoms with Crippen molar-refractivity contribution >= 4 is 58.7 Å². The van der Waals surface area contributed by atoms with Crippen LogP contribution in [0.4, 0.5) is 16.2 Å². The van der Waals surface area contributed by atoms with E-state index in [2.05, 4.69) is 40.7 Å². The Morgan fingerprint density at radius 2 is 1.81 bits per heavy atom. The molecule has 0 aromatic heterocycles. The third kappa shape index (κ3) is 4.11. The van der Waals surface area contributed by atoms with Gasteiger partial charge in [0.15, 0.2) is 0 Å². The molecule has 0 atom stereocenters. The molecule has 3 amide bonds. The third-order valence-electron chi connectivity index (χ3n) is 2.66. The Balaban J connectivity index is 2.10. The number of urea groups is 1. The van der Waals surface area contributed by atoms with E-state index in [1.54, 1.807) is 30.3 Å². The SMILES string of the molecule is NC(=O)c1ccc(N(S)C(=O)Nc2cccc(I)c2)cc1. The highest BCUT2D eigenvalue weighted by Gasteiger charge is 2.12. The van der Waals surface area contributed by atoms with Gasteiger partial charge in [-0.1, -0.05) is 18.9 Å². The molecule has 0 radical (unpaired) electrons. The number of carbonyl (C=O) groups excluding carboxylic acids is 2. The number of carbonyl (C=O) groups is 2. The fourth-order valence-electron chi connectivity index (χ4n) is 1.63. The van der Waals surface area contributed by atoms with E-state index in [4.69, 9.17) is 5.73 Å². The van der Waals surface area contributed by atoms with Crippen molar-refractivity contribution in [2.45, 2.75) is 0 Å². The molecule has 0 aliphatic heterocycles. The molecular weight excluding hydrogens is 401 g/mol. The first-order valence-corrected chi connectivity index (χ1v) is 7.40. The number of nitrogens with zero attached hydrogens (tertiary/aromatic N) is 1. The molecule has 0 bridgehead atoms. The van der Waals surface area contributed by atoms with E-state index in [0.29, 0.717) is 16.9 Å². The molecule has 0 saturated heterocycles. The van der Waals surface area contributed by atoms with Gasteiger partial charge in [0.1, 0.15) is 0 Å². The number of amides is 3. The van der Waals surface area contributed by atoms with Crippen LogP contribution in [0.5, 0.6) is 0 Å². The summed E-state index contributed by atoms with van der Waals surface area (Å²) in [6, 6.07) is 13.3. The summed E-state index contributed by atoms with van der Waals surface area (Å²) in [4.78, 5) is 23.1. The van der Waals surface area contributed by atoms with Gasteiger partial charge in [-0.15, -0.1) is 0 Å². The van der Waals surface area contributed by atoms with E-state index in [1.807, 2.05) is 18.2 Å². The maximum atomic E-state index is 12.1. The molecular formula is C14H12IN3O2S. The number of anilines is 2. The fourth-order valence-corrected chi connectivity index (χ4v) is 2.35. The van der Waals surface area contributed by atoms with Crippen LogP contribution in [0.1, 0.15) is 10.4 Å². The van der Waals surface area contributed by atoms with E-state index in [0.717, 1.165) is 7.88 Å². The lowest BCUT2D eigenvalue weighted by Crippen LogP contribution is -2.26. The van der Waals surface area contributed by atoms with Gasteiger partial charge in [-0.25, -0.2) is 9.10 Å². The van der Waals surface area contributed by atoms with Crippen LogP contribution in [-0.4, -0.2) is 11.9 Å². The minimum atomic E-state index is -0.518. The van der Waals surface area contributed by atoms with Crippen LogP contribution < -0.4 is 15.4 Å². The predicted octanol–water partition coefficient (Wildman–Crippen LogP) is 3.27. The predicted molar refractivity (Wildman–Crippen MR) is 94.6 cm³/mol. The highest BCUT2D eigenvalue weighted by atomic mass is 127. The second kappa shape index (κ2) is 6.81. The van der Waals surface area contributed by atoms with Crippen molar-refractivity contribution in [3.8, 4) is 0 Å². The lowest BCUT2D eigenvalue weighted by Gasteiger charge is -2.16. The molecule has 7 heteroatoms. The van der Waals surface area contributed by atoms with Crippen molar-refractivity contribution in [3.05, 3.63) is 57.7 Å². The second-order valence-corrected chi connectivity index (χ2v) is 5.81. The summed E-state index contributed by atoms with van der Waals surface area (Å²) in [5.41, 5.74) is 6.75. The van der Waals surface area contributed by atoms with Crippen LogP contribution in [0.15, 0.2) is 48.5 Å². The normalized spacial score (nSPS) is 10.0. The molecule has 2 aromatic carbocycles. The zero-order valence-electron chi connectivity index (χ0n) is 10.8. The van der Waals surface area contributed by atoms with Crippen LogP contribution in [0, 0.1) is 3.57 Å². The third-order valence-corrected chi connectivity index (χ3v) is 3.75. The summed E-state index contributed by atoms with van der Waals surface area (Å²) in [7, 11) is 0. The largest absolute Gasteiger partial charge is 0.366 e. The number of thiol groups is 1. The fraction of sp³-hybridized carbons (Fsp3) is 0. The van der Waals surface area contributed by atoms with Crippen LogP contribution in [0.2, 0.25) is 0 Å². The molecule has 108 valence electrons. The molecule has 5 nitrogen and oxygen atoms in total. The van der Waals surface area contributed by atoms with Gasteiger partial charge in [0, 0.05) is 14.8 Å². The zero-order chi connectivity index (χ0) is 15.4. The smallest absolute Gasteiger partial charge is 0.336 e. The minimum absolute atomic E-state index is 0.374. The van der Waals surface area contributed by atoms with E-state index in [9.17, 15) is 9.59 Å². The maximum absolute atomic E-state index is 12.1. The summed E-state index contributed by atoms with van der Waals surface area (Å²) in [5, 5.41) is 2.73. The van der Waals surface area contributed by atoms with Crippen LogP contribution in [0.3, 0.4) is 0 Å². The number of primary amides is 1. The lowest BCUT2D eigenvalue weighted by molar-refractivity contribution is 0.100. The molecule has 0 saturated carbocycles. The Labute approximate surface area is 141 Å². The summed E-state index contributed by atoms with van der Waals surface area (Å²) in [6.07, 6.45) is 0. The summed E-state index contributed by atoms with van der Waals surface area (Å²) < 4.78 is 2.17. The number of nitrogens with one attached hydrogen (secondary N) is 1. The summed E-state index contributed by atoms with van der Waals surface area (Å²) >= 11 is 6.32. The average Bonchev–Trinajstić information content (AvgIpc) is 2.46. The van der Waals surface area contributed by atoms with Gasteiger partial charge in [-0.3, -0.25) is 4.79 Å². The van der Waals surface area contributed by atoms with E-state index in [1.165, 1.54) is 0 Å². The van der Waals surface area contributed by atoms with Gasteiger partial charge in [-0.05, 0) is 65.1 Å². The van der Waals surface area contributed by atoms with Crippen molar-refractivity contribution in [1.82, 2.24) is 0 Å². The standard InChI is InChI=1S/C14H12IN3O2S/c15-10-2-1-3-11(8-10)17-14(20)18(21)12-6-4-9(5-7-12)13(16)19/h1-8,21H,(H2,16,19)(H,17,20). The molecule has 0 aliphatic rings. The lowest BCUT2D eigenvalue weighted by atomic mass is 10.2. The van der Waals surface area contributed by atoms with E-state index < -0.39 is 11.9 Å². The van der Waals surface area contributed by atoms with E-state index >= 15 is 0 Å². The Morgan fingerprint density at radius 3 is 2.38 bits per heavy atom. The van der Waals surface area contributed by atoms with Gasteiger partial charge in [0.2, 0.25) is 5.91 Å². The highest BCUT2D eigenvalue weighted by Crippen LogP contribution is 2.19. The van der Waals surface area contributed by atoms with Crippen molar-refractivity contribution in [3.63, 3.8) is 0 Å². The van der Waals surface area contributed by atoms with Gasteiger partial charge in [0.05, 0.1) is 5.69 Å². The van der Waals surface area contributed by atoms with Gasteiger partial charge >= 0.3 is 6.03 Å². The molecule has 3 N–H and O–H groups in total. The number of halogens is 1. The number of rotatable bonds is 3. The number of hydrogen-bond acceptors (Lipinski definition) is 3. The van der Waals surface area contributed by atoms with Crippen molar-refractivity contribution in [2.75, 3.05) is 9.62 Å². The minimum Gasteiger partial charge on any atom is -0.366 e. The van der Waals surface area contributed by atoms with Crippen LogP contribution in [0.25, 0.3) is 0 Å². The van der Waals surface area contributed by atoms with Gasteiger partial charge in [-0.2, -0.15) is 0 Å². The van der Waals surface area contributed by atoms with Crippen molar-refractivity contribution in [2.24, 2.45) is 5.73 Å². The molecule has 0 fully saturated rings. The Morgan fingerprint density at radius 1 is 1.14 bits per heavy atom. The first-order valence-electron chi connectivity index (χ1n) is 5.93. The average molecular weight is 413 g/mol. The van der Waals surface area contributed by atoms with Crippen LogP contribution >= 0.6 is 35.4 Å². The Bertz CT molecular complexity index is 676. The Hall–Kier alpha value is -1.74. The highest BCUT2D eigenvalue weighted by molar-refractivity contribution is 14.1. The van der Waals surface area contributed by atoms with Crippen molar-refractivity contribution in [1.29, 1.82) is 0 Å². The van der Waals surface area contributed by atoms with Crippen LogP contribution in [-0.2, 0) is 0 Å². The zero-order valence-corrected chi connectivity index (χ0v) is 13.8. The van der Waals surface area contributed by atoms with Gasteiger partial charge < -0.3 is 11.1 Å². The Kier molecular flexibility index (Phi) is 5.07. The summed E-state index contributed by atoms with van der Waals surface area (Å²) in [6.45, 7) is 0. The molecule has 21 heavy (non-hydrogen) atoms. The molecule has 2 rings (SSSR count). The first-order chi connectivity index (χ1) is 9.97. The molecule has 0 spiro atoms. The summed E-state index contributed by atoms with van der Waals surface area (Å²) in [5.74, 6) is -0.518. The topological polar surface area (TPSA) is 75.4 Å². The van der Waals surface area contributed by atoms with Gasteiger partial charge in [0.25, 0.3) is 0 Å². The number of hydrogen-bond donors (Lipinski definition) is 3. The molecule has 0 heterocycles. The number of benzene rings is 2. The first kappa shape index (κ1) is 15.6. The van der Waals surface area contributed by atoms with E-state index in [-0.39, 0.29) is 0 Å². The molecule has 0 aliphatic carbocycles. The molecule has 0 unspecified atom stereocenters. The quantitative estimate of drug-likeness (QED) is 0.534. The second-order valence-electron chi connectivity index (χ2n) is 4.16. The van der Waals surface area contributed by atoms with Crippen molar-refractivity contribution < 1.29 is 9.59 Å². The molecule has 2 aromatic rings.